The maximum Gasteiger partial charge on any atom is 0.225 e. The van der Waals surface area contributed by atoms with Gasteiger partial charge in [-0.05, 0) is 19.9 Å². The van der Waals surface area contributed by atoms with Crippen LogP contribution in [0.3, 0.4) is 0 Å². The van der Waals surface area contributed by atoms with E-state index in [0.717, 1.165) is 17.7 Å². The van der Waals surface area contributed by atoms with E-state index >= 15 is 0 Å². The predicted octanol–water partition coefficient (Wildman–Crippen LogP) is 1.37. The number of benzene rings is 1. The number of rotatable bonds is 5. The number of amides is 2. The van der Waals surface area contributed by atoms with Gasteiger partial charge in [-0.15, -0.1) is 0 Å². The van der Waals surface area contributed by atoms with Gasteiger partial charge in [0.05, 0.1) is 12.5 Å². The third-order valence-electron chi connectivity index (χ3n) is 4.43. The van der Waals surface area contributed by atoms with Crippen LogP contribution in [0.4, 0.5) is 0 Å². The summed E-state index contributed by atoms with van der Waals surface area (Å²) in [6.07, 6.45) is 1.15. The number of ether oxygens (including phenoxy) is 2. The van der Waals surface area contributed by atoms with Gasteiger partial charge in [0.15, 0.2) is 11.5 Å². The number of hydrogen-bond acceptors (Lipinski definition) is 4. The minimum absolute atomic E-state index is 0.0195. The summed E-state index contributed by atoms with van der Waals surface area (Å²) < 4.78 is 11.7. The number of fused-ring (bicyclic) bond motifs is 1. The fourth-order valence-corrected chi connectivity index (χ4v) is 3.22. The molecule has 0 aliphatic carbocycles. The molecule has 1 saturated heterocycles. The van der Waals surface area contributed by atoms with Gasteiger partial charge < -0.3 is 19.7 Å². The van der Waals surface area contributed by atoms with E-state index < -0.39 is 0 Å². The second kappa shape index (κ2) is 6.34. The van der Waals surface area contributed by atoms with E-state index in [1.807, 2.05) is 18.2 Å². The quantitative estimate of drug-likeness (QED) is 0.827. The molecular formula is C18H24N2O4. The molecule has 1 fully saturated rings. The monoisotopic (exact) mass is 332 g/mol. The number of carbonyl (C=O) groups is 2. The molecule has 2 aliphatic rings. The zero-order valence-electron chi connectivity index (χ0n) is 14.4. The first-order valence-electron chi connectivity index (χ1n) is 8.31. The SMILES string of the molecule is CN1C[C@H](C(=O)NCCOc2cccc3c2OC(C)(C)C3)CC1=O. The van der Waals surface area contributed by atoms with E-state index in [-0.39, 0.29) is 29.8 Å². The number of carbonyl (C=O) groups excluding carboxylic acids is 2. The van der Waals surface area contributed by atoms with Crippen LogP contribution < -0.4 is 14.8 Å². The summed E-state index contributed by atoms with van der Waals surface area (Å²) >= 11 is 0. The highest BCUT2D eigenvalue weighted by Crippen LogP contribution is 2.41. The first kappa shape index (κ1) is 16.6. The highest BCUT2D eigenvalue weighted by Gasteiger charge is 2.33. The molecule has 24 heavy (non-hydrogen) atoms. The van der Waals surface area contributed by atoms with E-state index in [9.17, 15) is 9.59 Å². The molecule has 2 heterocycles. The molecule has 0 radical (unpaired) electrons. The Morgan fingerprint density at radius 1 is 1.46 bits per heavy atom. The Kier molecular flexibility index (Phi) is 4.39. The highest BCUT2D eigenvalue weighted by molar-refractivity contribution is 5.89. The molecule has 3 rings (SSSR count). The van der Waals surface area contributed by atoms with Crippen LogP contribution >= 0.6 is 0 Å². The van der Waals surface area contributed by atoms with Crippen molar-refractivity contribution in [3.63, 3.8) is 0 Å². The average Bonchev–Trinajstić information content (AvgIpc) is 3.02. The zero-order chi connectivity index (χ0) is 17.3. The van der Waals surface area contributed by atoms with Crippen LogP contribution in [0.2, 0.25) is 0 Å². The summed E-state index contributed by atoms with van der Waals surface area (Å²) in [5.41, 5.74) is 0.936. The van der Waals surface area contributed by atoms with Gasteiger partial charge in [0.1, 0.15) is 12.2 Å². The number of hydrogen-bond donors (Lipinski definition) is 1. The lowest BCUT2D eigenvalue weighted by Gasteiger charge is -2.18. The van der Waals surface area contributed by atoms with Gasteiger partial charge >= 0.3 is 0 Å². The van der Waals surface area contributed by atoms with Gasteiger partial charge in [-0.25, -0.2) is 0 Å². The number of likely N-dealkylation sites (tertiary alicyclic amines) is 1. The normalized spacial score (nSPS) is 21.4. The predicted molar refractivity (Wildman–Crippen MR) is 89.1 cm³/mol. The second-order valence-electron chi connectivity index (χ2n) is 7.10. The van der Waals surface area contributed by atoms with Crippen LogP contribution in [0.15, 0.2) is 18.2 Å². The van der Waals surface area contributed by atoms with Gasteiger partial charge in [-0.3, -0.25) is 9.59 Å². The summed E-state index contributed by atoms with van der Waals surface area (Å²) in [5.74, 6) is 1.19. The lowest BCUT2D eigenvalue weighted by Crippen LogP contribution is -2.34. The topological polar surface area (TPSA) is 67.9 Å². The summed E-state index contributed by atoms with van der Waals surface area (Å²) in [5, 5.41) is 2.84. The largest absolute Gasteiger partial charge is 0.488 e. The Morgan fingerprint density at radius 3 is 2.96 bits per heavy atom. The Balaban J connectivity index is 1.48. The van der Waals surface area contributed by atoms with Gasteiger partial charge in [0.25, 0.3) is 0 Å². The summed E-state index contributed by atoms with van der Waals surface area (Å²) in [7, 11) is 1.72. The molecule has 0 unspecified atom stereocenters. The maximum atomic E-state index is 12.0. The molecule has 0 bridgehead atoms. The fraction of sp³-hybridized carbons (Fsp3) is 0.556. The molecule has 2 aliphatic heterocycles. The molecular weight excluding hydrogens is 308 g/mol. The minimum atomic E-state index is -0.257. The van der Waals surface area contributed by atoms with Crippen LogP contribution in [0.1, 0.15) is 25.8 Å². The molecule has 0 saturated carbocycles. The van der Waals surface area contributed by atoms with Crippen LogP contribution in [0, 0.1) is 5.92 Å². The number of nitrogens with one attached hydrogen (secondary N) is 1. The van der Waals surface area contributed by atoms with Crippen LogP contribution in [0.25, 0.3) is 0 Å². The summed E-state index contributed by atoms with van der Waals surface area (Å²) in [6, 6.07) is 5.89. The Morgan fingerprint density at radius 2 is 2.25 bits per heavy atom. The minimum Gasteiger partial charge on any atom is -0.488 e. The van der Waals surface area contributed by atoms with Crippen molar-refractivity contribution in [1.29, 1.82) is 0 Å². The van der Waals surface area contributed by atoms with Crippen LogP contribution in [-0.2, 0) is 16.0 Å². The molecule has 0 aromatic heterocycles. The first-order valence-corrected chi connectivity index (χ1v) is 8.31. The molecule has 1 N–H and O–H groups in total. The van der Waals surface area contributed by atoms with Crippen LogP contribution in [0.5, 0.6) is 11.5 Å². The van der Waals surface area contributed by atoms with Crippen molar-refractivity contribution in [2.24, 2.45) is 5.92 Å². The van der Waals surface area contributed by atoms with Crippen molar-refractivity contribution >= 4 is 11.8 Å². The van der Waals surface area contributed by atoms with E-state index in [0.29, 0.717) is 25.4 Å². The highest BCUT2D eigenvalue weighted by atomic mass is 16.5. The molecule has 130 valence electrons. The lowest BCUT2D eigenvalue weighted by atomic mass is 10.0. The van der Waals surface area contributed by atoms with E-state index in [1.54, 1.807) is 11.9 Å². The van der Waals surface area contributed by atoms with E-state index in [2.05, 4.69) is 19.2 Å². The van der Waals surface area contributed by atoms with Crippen molar-refractivity contribution in [2.75, 3.05) is 26.7 Å². The van der Waals surface area contributed by atoms with E-state index in [1.165, 1.54) is 0 Å². The van der Waals surface area contributed by atoms with Crippen molar-refractivity contribution in [1.82, 2.24) is 10.2 Å². The summed E-state index contributed by atoms with van der Waals surface area (Å²) in [4.78, 5) is 25.1. The Bertz CT molecular complexity index is 656. The van der Waals surface area contributed by atoms with E-state index in [4.69, 9.17) is 9.47 Å². The third kappa shape index (κ3) is 3.47. The second-order valence-corrected chi connectivity index (χ2v) is 7.10. The van der Waals surface area contributed by atoms with Crippen molar-refractivity contribution in [2.45, 2.75) is 32.3 Å². The smallest absolute Gasteiger partial charge is 0.225 e. The molecule has 1 atom stereocenters. The van der Waals surface area contributed by atoms with Crippen molar-refractivity contribution < 1.29 is 19.1 Å². The molecule has 2 amide bonds. The molecule has 1 aromatic carbocycles. The lowest BCUT2D eigenvalue weighted by molar-refractivity contribution is -0.128. The maximum absolute atomic E-state index is 12.0. The number of para-hydroxylation sites is 1. The van der Waals surface area contributed by atoms with Crippen LogP contribution in [-0.4, -0.2) is 49.1 Å². The van der Waals surface area contributed by atoms with Crippen molar-refractivity contribution in [3.8, 4) is 11.5 Å². The number of nitrogens with zero attached hydrogens (tertiary/aromatic N) is 1. The Hall–Kier alpha value is -2.24. The fourth-order valence-electron chi connectivity index (χ4n) is 3.22. The average molecular weight is 332 g/mol. The molecule has 6 nitrogen and oxygen atoms in total. The zero-order valence-corrected chi connectivity index (χ0v) is 14.4. The Labute approximate surface area is 142 Å². The third-order valence-corrected chi connectivity index (χ3v) is 4.43. The van der Waals surface area contributed by atoms with Gasteiger partial charge in [-0.1, -0.05) is 12.1 Å². The first-order chi connectivity index (χ1) is 11.4. The standard InChI is InChI=1S/C18H24N2O4/c1-18(2)10-12-5-4-6-14(16(12)24-18)23-8-7-19-17(22)13-9-15(21)20(3)11-13/h4-6,13H,7-11H2,1-3H3,(H,19,22)/t13-/m1/s1. The molecule has 0 spiro atoms. The van der Waals surface area contributed by atoms with Gasteiger partial charge in [-0.2, -0.15) is 0 Å². The van der Waals surface area contributed by atoms with Crippen molar-refractivity contribution in [3.05, 3.63) is 23.8 Å². The van der Waals surface area contributed by atoms with Gasteiger partial charge in [0, 0.05) is 32.0 Å². The molecule has 6 heteroatoms. The molecule has 1 aromatic rings. The summed E-state index contributed by atoms with van der Waals surface area (Å²) in [6.45, 7) is 5.36. The van der Waals surface area contributed by atoms with Gasteiger partial charge in [0.2, 0.25) is 11.8 Å².